The Morgan fingerprint density at radius 1 is 0.800 bits per heavy atom. The van der Waals surface area contributed by atoms with Crippen molar-refractivity contribution >= 4 is 5.97 Å². The van der Waals surface area contributed by atoms with Crippen LogP contribution in [0, 0.1) is 0 Å². The number of ether oxygens (including phenoxy) is 5. The minimum atomic E-state index is -1.37. The highest BCUT2D eigenvalue weighted by Gasteiger charge is 2.47. The lowest BCUT2D eigenvalue weighted by Crippen LogP contribution is -2.59. The number of esters is 1. The van der Waals surface area contributed by atoms with E-state index in [0.717, 1.165) is 16.9 Å². The van der Waals surface area contributed by atoms with Gasteiger partial charge in [0.25, 0.3) is 0 Å². The molecule has 0 radical (unpaired) electrons. The molecule has 4 rings (SSSR count). The largest absolute Gasteiger partial charge is 0.497 e. The molecule has 1 aliphatic rings. The van der Waals surface area contributed by atoms with Gasteiger partial charge in [0.05, 0.1) is 32.0 Å². The molecular formula is C28H30O7. The zero-order valence-corrected chi connectivity index (χ0v) is 19.8. The van der Waals surface area contributed by atoms with Crippen molar-refractivity contribution in [2.24, 2.45) is 0 Å². The molecule has 1 heterocycles. The highest BCUT2D eigenvalue weighted by Crippen LogP contribution is 2.29. The molecule has 7 nitrogen and oxygen atoms in total. The first-order valence-corrected chi connectivity index (χ1v) is 11.5. The quantitative estimate of drug-likeness (QED) is 0.463. The summed E-state index contributed by atoms with van der Waals surface area (Å²) in [7, 11) is 1.61. The summed E-state index contributed by atoms with van der Waals surface area (Å²) in [6.45, 7) is 2.34. The minimum Gasteiger partial charge on any atom is -0.497 e. The van der Waals surface area contributed by atoms with Gasteiger partial charge in [0.2, 0.25) is 0 Å². The van der Waals surface area contributed by atoms with Gasteiger partial charge in [0.1, 0.15) is 18.0 Å². The van der Waals surface area contributed by atoms with Crippen molar-refractivity contribution in [1.29, 1.82) is 0 Å². The fourth-order valence-electron chi connectivity index (χ4n) is 3.98. The second kappa shape index (κ2) is 12.0. The minimum absolute atomic E-state index is 0.221. The third kappa shape index (κ3) is 6.46. The van der Waals surface area contributed by atoms with Gasteiger partial charge in [-0.05, 0) is 42.3 Å². The van der Waals surface area contributed by atoms with Gasteiger partial charge in [-0.3, -0.25) is 0 Å². The van der Waals surface area contributed by atoms with E-state index in [-0.39, 0.29) is 6.61 Å². The first-order chi connectivity index (χ1) is 17.0. The Kier molecular flexibility index (Phi) is 8.50. The van der Waals surface area contributed by atoms with Gasteiger partial charge in [-0.25, -0.2) is 4.79 Å². The first kappa shape index (κ1) is 24.9. The van der Waals surface area contributed by atoms with Crippen molar-refractivity contribution in [2.45, 2.75) is 50.8 Å². The van der Waals surface area contributed by atoms with Gasteiger partial charge < -0.3 is 28.8 Å². The molecule has 5 atom stereocenters. The molecular weight excluding hydrogens is 448 g/mol. The summed E-state index contributed by atoms with van der Waals surface area (Å²) < 4.78 is 29.1. The number of hydrogen-bond donors (Lipinski definition) is 1. The number of methoxy groups -OCH3 is 1. The zero-order chi connectivity index (χ0) is 24.6. The highest BCUT2D eigenvalue weighted by molar-refractivity contribution is 5.89. The van der Waals surface area contributed by atoms with E-state index >= 15 is 0 Å². The molecule has 0 saturated carbocycles. The third-order valence-corrected chi connectivity index (χ3v) is 5.88. The van der Waals surface area contributed by atoms with E-state index < -0.39 is 36.7 Å². The highest BCUT2D eigenvalue weighted by atomic mass is 16.7. The van der Waals surface area contributed by atoms with Crippen LogP contribution in [0.2, 0.25) is 0 Å². The number of carbonyl (C=O) groups is 1. The molecule has 0 amide bonds. The monoisotopic (exact) mass is 478 g/mol. The standard InChI is InChI=1S/C28H30O7/c1-19-24(32-17-20-9-5-3-6-10-20)25(33-18-21-13-15-23(31-2)16-14-21)26(28(30)34-19)35-27(29)22-11-7-4-8-12-22/h3-16,19,24-26,28,30H,17-18H2,1-2H3/t19-,24-,25+,26+,28+/m0/s1. The van der Waals surface area contributed by atoms with E-state index in [1.54, 1.807) is 38.3 Å². The average molecular weight is 479 g/mol. The molecule has 35 heavy (non-hydrogen) atoms. The summed E-state index contributed by atoms with van der Waals surface area (Å²) in [4.78, 5) is 12.8. The van der Waals surface area contributed by atoms with Gasteiger partial charge in [0.15, 0.2) is 12.4 Å². The lowest BCUT2D eigenvalue weighted by atomic mass is 9.98. The van der Waals surface area contributed by atoms with Gasteiger partial charge in [-0.15, -0.1) is 0 Å². The maximum absolute atomic E-state index is 12.8. The van der Waals surface area contributed by atoms with Crippen molar-refractivity contribution in [3.05, 3.63) is 102 Å². The molecule has 1 fully saturated rings. The van der Waals surface area contributed by atoms with Crippen LogP contribution in [0.3, 0.4) is 0 Å². The Morgan fingerprint density at radius 3 is 2.00 bits per heavy atom. The van der Waals surface area contributed by atoms with Crippen molar-refractivity contribution in [3.8, 4) is 5.75 Å². The van der Waals surface area contributed by atoms with E-state index in [0.29, 0.717) is 12.2 Å². The third-order valence-electron chi connectivity index (χ3n) is 5.88. The van der Waals surface area contributed by atoms with Crippen LogP contribution in [0.25, 0.3) is 0 Å². The van der Waals surface area contributed by atoms with Gasteiger partial charge in [-0.1, -0.05) is 60.7 Å². The van der Waals surface area contributed by atoms with Crippen LogP contribution < -0.4 is 4.74 Å². The van der Waals surface area contributed by atoms with Crippen LogP contribution in [0.15, 0.2) is 84.9 Å². The summed E-state index contributed by atoms with van der Waals surface area (Å²) in [5, 5.41) is 10.7. The lowest BCUT2D eigenvalue weighted by Gasteiger charge is -2.43. The molecule has 0 spiro atoms. The Balaban J connectivity index is 1.54. The number of carbonyl (C=O) groups excluding carboxylic acids is 1. The van der Waals surface area contributed by atoms with Gasteiger partial charge >= 0.3 is 5.97 Å². The molecule has 1 N–H and O–H groups in total. The van der Waals surface area contributed by atoms with Crippen LogP contribution in [-0.2, 0) is 32.2 Å². The van der Waals surface area contributed by atoms with Gasteiger partial charge in [0, 0.05) is 0 Å². The maximum Gasteiger partial charge on any atom is 0.338 e. The van der Waals surface area contributed by atoms with Crippen LogP contribution in [0.1, 0.15) is 28.4 Å². The molecule has 7 heteroatoms. The summed E-state index contributed by atoms with van der Waals surface area (Å²) in [5.41, 5.74) is 2.25. The van der Waals surface area contributed by atoms with E-state index in [1.807, 2.05) is 60.7 Å². The van der Waals surface area contributed by atoms with Crippen molar-refractivity contribution in [2.75, 3.05) is 7.11 Å². The van der Waals surface area contributed by atoms with Crippen LogP contribution >= 0.6 is 0 Å². The molecule has 0 bridgehead atoms. The molecule has 3 aromatic carbocycles. The van der Waals surface area contributed by atoms with Crippen LogP contribution in [0.5, 0.6) is 5.75 Å². The van der Waals surface area contributed by atoms with Crippen molar-refractivity contribution in [3.63, 3.8) is 0 Å². The molecule has 0 aliphatic carbocycles. The Bertz CT molecular complexity index is 1060. The molecule has 1 saturated heterocycles. The number of rotatable bonds is 9. The Morgan fingerprint density at radius 2 is 1.37 bits per heavy atom. The SMILES string of the molecule is COc1ccc(CO[C@@H]2[C@@H](OCc3ccccc3)[C@H](C)O[C@@H](O)[C@@H]2OC(=O)c2ccccc2)cc1. The van der Waals surface area contributed by atoms with Crippen molar-refractivity contribution in [1.82, 2.24) is 0 Å². The smallest absolute Gasteiger partial charge is 0.338 e. The molecule has 0 unspecified atom stereocenters. The molecule has 0 aromatic heterocycles. The van der Waals surface area contributed by atoms with E-state index in [2.05, 4.69) is 0 Å². The summed E-state index contributed by atoms with van der Waals surface area (Å²) >= 11 is 0. The Hall–Kier alpha value is -3.23. The molecule has 1 aliphatic heterocycles. The number of hydrogen-bond acceptors (Lipinski definition) is 7. The predicted molar refractivity (Wildman–Crippen MR) is 129 cm³/mol. The maximum atomic E-state index is 12.8. The number of aliphatic hydroxyl groups is 1. The Labute approximate surface area is 205 Å². The van der Waals surface area contributed by atoms with E-state index in [9.17, 15) is 9.90 Å². The van der Waals surface area contributed by atoms with Crippen LogP contribution in [-0.4, -0.2) is 48.9 Å². The summed E-state index contributed by atoms with van der Waals surface area (Å²) in [6.07, 6.45) is -4.31. The van der Waals surface area contributed by atoms with E-state index in [4.69, 9.17) is 23.7 Å². The van der Waals surface area contributed by atoms with Crippen molar-refractivity contribution < 1.29 is 33.6 Å². The zero-order valence-electron chi connectivity index (χ0n) is 19.8. The molecule has 3 aromatic rings. The number of benzene rings is 3. The van der Waals surface area contributed by atoms with Gasteiger partial charge in [-0.2, -0.15) is 0 Å². The second-order valence-electron chi connectivity index (χ2n) is 8.35. The second-order valence-corrected chi connectivity index (χ2v) is 8.35. The number of aliphatic hydroxyl groups excluding tert-OH is 1. The lowest BCUT2D eigenvalue weighted by molar-refractivity contribution is -0.296. The van der Waals surface area contributed by atoms with E-state index in [1.165, 1.54) is 0 Å². The fourth-order valence-corrected chi connectivity index (χ4v) is 3.98. The molecule has 184 valence electrons. The van der Waals surface area contributed by atoms with Crippen LogP contribution in [0.4, 0.5) is 0 Å². The first-order valence-electron chi connectivity index (χ1n) is 11.5. The average Bonchev–Trinajstić information content (AvgIpc) is 2.90. The summed E-state index contributed by atoms with van der Waals surface area (Å²) in [6, 6.07) is 25.8. The fraction of sp³-hybridized carbons (Fsp3) is 0.321. The topological polar surface area (TPSA) is 83.5 Å². The normalized spacial score (nSPS) is 24.0. The predicted octanol–water partition coefficient (Wildman–Crippen LogP) is 4.13. The summed E-state index contributed by atoms with van der Waals surface area (Å²) in [5.74, 6) is 0.162.